The van der Waals surface area contributed by atoms with Crippen LogP contribution in [0.1, 0.15) is 23.0 Å². The Hall–Kier alpha value is -1.66. The van der Waals surface area contributed by atoms with Gasteiger partial charge in [-0.1, -0.05) is 36.4 Å². The van der Waals surface area contributed by atoms with Crippen LogP contribution in [-0.2, 0) is 0 Å². The molecule has 2 aromatic carbocycles. The molecule has 2 nitrogen and oxygen atoms in total. The first kappa shape index (κ1) is 15.8. The summed E-state index contributed by atoms with van der Waals surface area (Å²) in [5.74, 6) is -9.87. The molecule has 0 amide bonds. The first-order valence-electron chi connectivity index (χ1n) is 7.83. The van der Waals surface area contributed by atoms with Crippen LogP contribution < -0.4 is 0 Å². The highest BCUT2D eigenvalue weighted by Crippen LogP contribution is 2.62. The molecule has 0 radical (unpaired) electrons. The van der Waals surface area contributed by atoms with E-state index in [-0.39, 0.29) is 0 Å². The third kappa shape index (κ3) is 2.09. The second-order valence-electron chi connectivity index (χ2n) is 6.75. The van der Waals surface area contributed by atoms with E-state index >= 15 is 0 Å². The van der Waals surface area contributed by atoms with Crippen LogP contribution in [0.15, 0.2) is 36.4 Å². The molecule has 128 valence electrons. The zero-order valence-corrected chi connectivity index (χ0v) is 12.6. The number of halogens is 4. The largest absolute Gasteiger partial charge is 0.396 e. The fourth-order valence-electron chi connectivity index (χ4n) is 3.81. The zero-order valence-electron chi connectivity index (χ0n) is 12.6. The Labute approximate surface area is 135 Å². The van der Waals surface area contributed by atoms with E-state index in [2.05, 4.69) is 0 Å². The highest BCUT2D eigenvalue weighted by molar-refractivity contribution is 5.84. The van der Waals surface area contributed by atoms with Crippen LogP contribution in [0.4, 0.5) is 17.6 Å². The average Bonchev–Trinajstić information content (AvgIpc) is 3.33. The summed E-state index contributed by atoms with van der Waals surface area (Å²) in [7, 11) is 0. The van der Waals surface area contributed by atoms with Gasteiger partial charge < -0.3 is 10.2 Å². The van der Waals surface area contributed by atoms with Gasteiger partial charge in [-0.3, -0.25) is 0 Å². The van der Waals surface area contributed by atoms with Gasteiger partial charge in [-0.2, -0.15) is 0 Å². The topological polar surface area (TPSA) is 40.5 Å². The monoisotopic (exact) mass is 340 g/mol. The predicted molar refractivity (Wildman–Crippen MR) is 80.5 cm³/mol. The van der Waals surface area contributed by atoms with Crippen molar-refractivity contribution in [2.75, 3.05) is 13.2 Å². The Morgan fingerprint density at radius 1 is 0.708 bits per heavy atom. The minimum Gasteiger partial charge on any atom is -0.396 e. The molecule has 2 saturated carbocycles. The Bertz CT molecular complexity index is 737. The first-order chi connectivity index (χ1) is 11.3. The van der Waals surface area contributed by atoms with Crippen LogP contribution in [-0.4, -0.2) is 35.3 Å². The maximum Gasteiger partial charge on any atom is 0.261 e. The lowest BCUT2D eigenvalue weighted by atomic mass is 9.99. The van der Waals surface area contributed by atoms with E-state index in [1.165, 1.54) is 0 Å². The molecule has 0 spiro atoms. The smallest absolute Gasteiger partial charge is 0.261 e. The van der Waals surface area contributed by atoms with Crippen molar-refractivity contribution < 1.29 is 27.8 Å². The molecule has 4 unspecified atom stereocenters. The molecule has 4 atom stereocenters. The number of aliphatic hydroxyl groups excluding tert-OH is 2. The van der Waals surface area contributed by atoms with Crippen LogP contribution in [0.25, 0.3) is 10.8 Å². The van der Waals surface area contributed by atoms with Crippen molar-refractivity contribution in [1.29, 1.82) is 0 Å². The Kier molecular flexibility index (Phi) is 3.25. The number of alkyl halides is 4. The number of fused-ring (bicyclic) bond motifs is 1. The Morgan fingerprint density at radius 2 is 1.08 bits per heavy atom. The van der Waals surface area contributed by atoms with Crippen LogP contribution in [0, 0.1) is 11.8 Å². The Morgan fingerprint density at radius 3 is 1.38 bits per heavy atom. The third-order valence-electron chi connectivity index (χ3n) is 5.40. The van der Waals surface area contributed by atoms with Crippen molar-refractivity contribution in [2.45, 2.75) is 23.7 Å². The van der Waals surface area contributed by atoms with E-state index in [0.29, 0.717) is 21.9 Å². The maximum absolute atomic E-state index is 13.6. The molecule has 4 rings (SSSR count). The highest BCUT2D eigenvalue weighted by Gasteiger charge is 2.69. The normalized spacial score (nSPS) is 32.8. The fraction of sp³-hybridized carbons (Fsp3) is 0.444. The number of aliphatic hydroxyl groups is 2. The average molecular weight is 340 g/mol. The van der Waals surface area contributed by atoms with Crippen LogP contribution >= 0.6 is 0 Å². The van der Waals surface area contributed by atoms with E-state index in [4.69, 9.17) is 10.2 Å². The summed E-state index contributed by atoms with van der Waals surface area (Å²) >= 11 is 0. The van der Waals surface area contributed by atoms with Gasteiger partial charge in [0.2, 0.25) is 0 Å². The number of benzene rings is 2. The van der Waals surface area contributed by atoms with E-state index in [0.717, 1.165) is 0 Å². The molecule has 2 aliphatic carbocycles. The third-order valence-corrected chi connectivity index (χ3v) is 5.40. The summed E-state index contributed by atoms with van der Waals surface area (Å²) in [6.45, 7) is -1.12. The van der Waals surface area contributed by atoms with E-state index < -0.39 is 48.7 Å². The summed E-state index contributed by atoms with van der Waals surface area (Å²) < 4.78 is 54.5. The lowest BCUT2D eigenvalue weighted by molar-refractivity contribution is 0.0776. The van der Waals surface area contributed by atoms with E-state index in [1.54, 1.807) is 36.4 Å². The van der Waals surface area contributed by atoms with Crippen molar-refractivity contribution in [1.82, 2.24) is 0 Å². The van der Waals surface area contributed by atoms with Gasteiger partial charge in [-0.05, 0) is 21.9 Å². The van der Waals surface area contributed by atoms with Crippen molar-refractivity contribution in [2.24, 2.45) is 11.8 Å². The molecule has 2 fully saturated rings. The van der Waals surface area contributed by atoms with Crippen LogP contribution in [0.5, 0.6) is 0 Å². The van der Waals surface area contributed by atoms with Gasteiger partial charge in [-0.15, -0.1) is 0 Å². The molecular weight excluding hydrogens is 324 g/mol. The lowest BCUT2D eigenvalue weighted by Crippen LogP contribution is -1.97. The van der Waals surface area contributed by atoms with Crippen molar-refractivity contribution >= 4 is 10.8 Å². The summed E-state index contributed by atoms with van der Waals surface area (Å²) in [5.41, 5.74) is 0.897. The van der Waals surface area contributed by atoms with Crippen LogP contribution in [0.3, 0.4) is 0 Å². The zero-order chi connectivity index (χ0) is 17.3. The first-order valence-corrected chi connectivity index (χ1v) is 7.83. The van der Waals surface area contributed by atoms with Gasteiger partial charge in [0.15, 0.2) is 0 Å². The van der Waals surface area contributed by atoms with Gasteiger partial charge in [0, 0.05) is 0 Å². The summed E-state index contributed by atoms with van der Waals surface area (Å²) in [6, 6.07) is 9.67. The maximum atomic E-state index is 13.6. The Balaban J connectivity index is 1.65. The van der Waals surface area contributed by atoms with E-state index in [1.807, 2.05) is 0 Å². The van der Waals surface area contributed by atoms with Gasteiger partial charge in [0.05, 0.1) is 36.9 Å². The summed E-state index contributed by atoms with van der Waals surface area (Å²) in [6.07, 6.45) is 0. The molecule has 0 aliphatic heterocycles. The van der Waals surface area contributed by atoms with E-state index in [9.17, 15) is 17.6 Å². The standard InChI is InChI=1S/C18H16F4O2/c19-17(20)13(7-23)15(17)11-3-1-9-5-12(4-2-10(9)6-11)16-14(8-24)18(16,21)22/h1-6,13-16,23-24H,7-8H2. The minimum atomic E-state index is -2.90. The molecule has 0 heterocycles. The van der Waals surface area contributed by atoms with Gasteiger partial charge >= 0.3 is 0 Å². The van der Waals surface area contributed by atoms with Gasteiger partial charge in [-0.25, -0.2) is 17.6 Å². The fourth-order valence-corrected chi connectivity index (χ4v) is 3.81. The number of hydrogen-bond acceptors (Lipinski definition) is 2. The molecule has 0 bridgehead atoms. The van der Waals surface area contributed by atoms with Crippen molar-refractivity contribution in [3.8, 4) is 0 Å². The summed E-state index contributed by atoms with van der Waals surface area (Å²) in [4.78, 5) is 0. The second-order valence-corrected chi connectivity index (χ2v) is 6.75. The number of rotatable bonds is 4. The summed E-state index contributed by atoms with van der Waals surface area (Å²) in [5, 5.41) is 19.4. The lowest BCUT2D eigenvalue weighted by Gasteiger charge is -2.06. The second kappa shape index (κ2) is 4.92. The van der Waals surface area contributed by atoms with Crippen molar-refractivity contribution in [3.63, 3.8) is 0 Å². The minimum absolute atomic E-state index is 0.448. The van der Waals surface area contributed by atoms with Gasteiger partial charge in [0.25, 0.3) is 11.8 Å². The predicted octanol–water partition coefficient (Wildman–Crippen LogP) is 3.52. The molecule has 24 heavy (non-hydrogen) atoms. The van der Waals surface area contributed by atoms with Crippen molar-refractivity contribution in [3.05, 3.63) is 47.5 Å². The molecule has 2 N–H and O–H groups in total. The van der Waals surface area contributed by atoms with Crippen LogP contribution in [0.2, 0.25) is 0 Å². The molecule has 0 aromatic heterocycles. The highest BCUT2D eigenvalue weighted by atomic mass is 19.3. The number of hydrogen-bond donors (Lipinski definition) is 2. The molecule has 2 aromatic rings. The molecule has 2 aliphatic rings. The quantitative estimate of drug-likeness (QED) is 0.836. The molecule has 0 saturated heterocycles. The van der Waals surface area contributed by atoms with Gasteiger partial charge in [0.1, 0.15) is 0 Å². The molecule has 6 heteroatoms. The molecular formula is C18H16F4O2. The SMILES string of the molecule is OCC1C(c2ccc3cc(C4C(CO)C4(F)F)ccc3c2)C1(F)F.